The number of esters is 2. The fourth-order valence-corrected chi connectivity index (χ4v) is 6.61. The molecule has 0 saturated carbocycles. The summed E-state index contributed by atoms with van der Waals surface area (Å²) in [5.74, 6) is -1.82. The second-order valence-corrected chi connectivity index (χ2v) is 11.4. The zero-order valence-electron chi connectivity index (χ0n) is 25.3. The van der Waals surface area contributed by atoms with E-state index in [1.807, 2.05) is 6.07 Å². The molecule has 2 amide bonds. The molecule has 43 heavy (non-hydrogen) atoms. The first kappa shape index (κ1) is 30.1. The molecule has 1 aliphatic carbocycles. The highest BCUT2D eigenvalue weighted by Crippen LogP contribution is 2.43. The number of dihydropyridines is 1. The Hall–Kier alpha value is -4.37. The number of nitrogens with one attached hydrogen (secondary N) is 3. The van der Waals surface area contributed by atoms with Gasteiger partial charge in [0.25, 0.3) is 0 Å². The number of anilines is 1. The van der Waals surface area contributed by atoms with E-state index in [1.165, 1.54) is 25.3 Å². The molecule has 2 aromatic rings. The molecule has 226 valence electrons. The second kappa shape index (κ2) is 12.9. The second-order valence-electron chi connectivity index (χ2n) is 11.4. The molecule has 0 radical (unpaired) electrons. The lowest BCUT2D eigenvalue weighted by Crippen LogP contribution is -2.42. The highest BCUT2D eigenvalue weighted by Gasteiger charge is 2.38. The standard InChI is InChI=1S/C34H40N4O5/c1-22-28(31(39)42-3)30(29(23(2)36-22)32(40)43-4)25-10-7-11-26(21-25)37-33(41)35-17-8-18-38-19-15-34(16-20-38)14-13-24-9-5-6-12-27(24)34/h5-7,9-14,21,30,36H,8,15-20H2,1-4H3,(H2,35,37,41). The Kier molecular flexibility index (Phi) is 9.01. The van der Waals surface area contributed by atoms with Crippen LogP contribution in [0.25, 0.3) is 6.08 Å². The largest absolute Gasteiger partial charge is 0.466 e. The number of piperidine rings is 1. The molecule has 9 nitrogen and oxygen atoms in total. The maximum Gasteiger partial charge on any atom is 0.336 e. The van der Waals surface area contributed by atoms with Crippen molar-refractivity contribution in [3.63, 3.8) is 0 Å². The first-order valence-corrected chi connectivity index (χ1v) is 14.8. The van der Waals surface area contributed by atoms with Gasteiger partial charge >= 0.3 is 18.0 Å². The van der Waals surface area contributed by atoms with Crippen LogP contribution in [0, 0.1) is 0 Å². The predicted octanol–water partition coefficient (Wildman–Crippen LogP) is 4.84. The Labute approximate surface area is 253 Å². The molecule has 9 heteroatoms. The van der Waals surface area contributed by atoms with Crippen molar-refractivity contribution in [3.8, 4) is 0 Å². The normalized spacial score (nSPS) is 17.9. The van der Waals surface area contributed by atoms with E-state index >= 15 is 0 Å². The summed E-state index contributed by atoms with van der Waals surface area (Å²) in [5.41, 5.74) is 5.98. The van der Waals surface area contributed by atoms with Gasteiger partial charge in [0.15, 0.2) is 0 Å². The topological polar surface area (TPSA) is 109 Å². The third-order valence-corrected chi connectivity index (χ3v) is 8.81. The number of carbonyl (C=O) groups is 3. The number of rotatable bonds is 8. The van der Waals surface area contributed by atoms with Gasteiger partial charge < -0.3 is 30.3 Å². The number of hydrogen-bond donors (Lipinski definition) is 3. The maximum atomic E-state index is 12.8. The lowest BCUT2D eigenvalue weighted by atomic mass is 9.74. The first-order chi connectivity index (χ1) is 20.8. The van der Waals surface area contributed by atoms with Crippen molar-refractivity contribution in [1.82, 2.24) is 15.5 Å². The monoisotopic (exact) mass is 584 g/mol. The van der Waals surface area contributed by atoms with Gasteiger partial charge in [-0.1, -0.05) is 48.6 Å². The molecular formula is C34H40N4O5. The number of amides is 2. The van der Waals surface area contributed by atoms with Crippen LogP contribution in [-0.2, 0) is 24.5 Å². The Morgan fingerprint density at radius 2 is 1.63 bits per heavy atom. The zero-order valence-corrected chi connectivity index (χ0v) is 25.3. The van der Waals surface area contributed by atoms with Crippen LogP contribution in [0.15, 0.2) is 77.1 Å². The molecule has 0 unspecified atom stereocenters. The van der Waals surface area contributed by atoms with Gasteiger partial charge in [0.2, 0.25) is 0 Å². The number of allylic oxidation sites excluding steroid dienone is 3. The van der Waals surface area contributed by atoms with Crippen molar-refractivity contribution in [2.75, 3.05) is 45.7 Å². The quantitative estimate of drug-likeness (QED) is 0.301. The molecule has 0 aromatic heterocycles. The Morgan fingerprint density at radius 3 is 2.30 bits per heavy atom. The van der Waals surface area contributed by atoms with E-state index in [0.717, 1.165) is 38.9 Å². The van der Waals surface area contributed by atoms with E-state index in [0.29, 0.717) is 40.3 Å². The third-order valence-electron chi connectivity index (χ3n) is 8.81. The average Bonchev–Trinajstić information content (AvgIpc) is 3.37. The lowest BCUT2D eigenvalue weighted by Gasteiger charge is -2.39. The van der Waals surface area contributed by atoms with Crippen LogP contribution in [0.1, 0.15) is 55.7 Å². The van der Waals surface area contributed by atoms with Gasteiger partial charge in [-0.2, -0.15) is 0 Å². The first-order valence-electron chi connectivity index (χ1n) is 14.8. The molecule has 2 aliphatic heterocycles. The van der Waals surface area contributed by atoms with E-state index in [9.17, 15) is 14.4 Å². The number of likely N-dealkylation sites (tertiary alicyclic amines) is 1. The number of nitrogens with zero attached hydrogens (tertiary/aromatic N) is 1. The number of benzene rings is 2. The van der Waals surface area contributed by atoms with Gasteiger partial charge in [-0.15, -0.1) is 0 Å². The summed E-state index contributed by atoms with van der Waals surface area (Å²) < 4.78 is 10.1. The zero-order chi connectivity index (χ0) is 30.6. The molecule has 2 aromatic carbocycles. The summed E-state index contributed by atoms with van der Waals surface area (Å²) in [6.45, 7) is 7.08. The van der Waals surface area contributed by atoms with Gasteiger partial charge in [-0.05, 0) is 81.6 Å². The summed E-state index contributed by atoms with van der Waals surface area (Å²) in [5, 5.41) is 8.94. The van der Waals surface area contributed by atoms with Crippen LogP contribution >= 0.6 is 0 Å². The number of hydrogen-bond acceptors (Lipinski definition) is 7. The minimum Gasteiger partial charge on any atom is -0.466 e. The molecule has 3 aliphatic rings. The molecule has 3 N–H and O–H groups in total. The third kappa shape index (κ3) is 6.22. The molecular weight excluding hydrogens is 544 g/mol. The summed E-state index contributed by atoms with van der Waals surface area (Å²) in [6, 6.07) is 15.5. The van der Waals surface area contributed by atoms with Gasteiger partial charge in [-0.3, -0.25) is 0 Å². The van der Waals surface area contributed by atoms with Crippen molar-refractivity contribution < 1.29 is 23.9 Å². The Morgan fingerprint density at radius 1 is 0.953 bits per heavy atom. The molecule has 1 spiro atoms. The van der Waals surface area contributed by atoms with Crippen LogP contribution in [0.4, 0.5) is 10.5 Å². The van der Waals surface area contributed by atoms with Crippen LogP contribution in [0.3, 0.4) is 0 Å². The summed E-state index contributed by atoms with van der Waals surface area (Å²) in [4.78, 5) is 40.8. The minimum atomic E-state index is -0.720. The number of ether oxygens (including phenoxy) is 2. The smallest absolute Gasteiger partial charge is 0.336 e. The fourth-order valence-electron chi connectivity index (χ4n) is 6.61. The summed E-state index contributed by atoms with van der Waals surface area (Å²) >= 11 is 0. The lowest BCUT2D eigenvalue weighted by molar-refractivity contribution is -0.137. The van der Waals surface area contributed by atoms with Crippen molar-refractivity contribution in [3.05, 3.63) is 93.8 Å². The molecule has 0 bridgehead atoms. The van der Waals surface area contributed by atoms with Gasteiger partial charge in [0.05, 0.1) is 31.3 Å². The van der Waals surface area contributed by atoms with Crippen LogP contribution in [0.5, 0.6) is 0 Å². The van der Waals surface area contributed by atoms with E-state index in [-0.39, 0.29) is 11.4 Å². The number of urea groups is 1. The number of carbonyl (C=O) groups excluding carboxylic acids is 3. The van der Waals surface area contributed by atoms with E-state index in [1.54, 1.807) is 32.0 Å². The van der Waals surface area contributed by atoms with Crippen LogP contribution in [-0.4, -0.2) is 63.3 Å². The van der Waals surface area contributed by atoms with E-state index < -0.39 is 17.9 Å². The van der Waals surface area contributed by atoms with Crippen molar-refractivity contribution in [1.29, 1.82) is 0 Å². The highest BCUT2D eigenvalue weighted by molar-refractivity contribution is 6.00. The Bertz CT molecular complexity index is 1460. The highest BCUT2D eigenvalue weighted by atomic mass is 16.5. The number of methoxy groups -OCH3 is 2. The summed E-state index contributed by atoms with van der Waals surface area (Å²) in [6.07, 6.45) is 7.73. The van der Waals surface area contributed by atoms with Crippen LogP contribution in [0.2, 0.25) is 0 Å². The number of fused-ring (bicyclic) bond motifs is 2. The molecule has 5 rings (SSSR count). The molecule has 1 fully saturated rings. The summed E-state index contributed by atoms with van der Waals surface area (Å²) in [7, 11) is 2.61. The van der Waals surface area contributed by atoms with Crippen molar-refractivity contribution in [2.45, 2.75) is 44.4 Å². The van der Waals surface area contributed by atoms with Crippen LogP contribution < -0.4 is 16.0 Å². The molecule has 0 atom stereocenters. The van der Waals surface area contributed by atoms with Gasteiger partial charge in [0, 0.05) is 29.0 Å². The van der Waals surface area contributed by atoms with Crippen molar-refractivity contribution in [2.24, 2.45) is 0 Å². The molecule has 2 heterocycles. The minimum absolute atomic E-state index is 0.173. The average molecular weight is 585 g/mol. The molecule has 1 saturated heterocycles. The maximum absolute atomic E-state index is 12.8. The fraction of sp³-hybridized carbons (Fsp3) is 0.382. The van der Waals surface area contributed by atoms with E-state index in [2.05, 4.69) is 57.3 Å². The van der Waals surface area contributed by atoms with Gasteiger partial charge in [0.1, 0.15) is 0 Å². The Balaban J connectivity index is 1.16. The predicted molar refractivity (Wildman–Crippen MR) is 166 cm³/mol. The van der Waals surface area contributed by atoms with Gasteiger partial charge in [-0.25, -0.2) is 14.4 Å². The SMILES string of the molecule is COC(=O)C1=C(C)NC(C)=C(C(=O)OC)C1c1cccc(NC(=O)NCCCN2CCC3(C=Cc4ccccc43)CC2)c1. The van der Waals surface area contributed by atoms with Crippen molar-refractivity contribution >= 4 is 29.7 Å². The van der Waals surface area contributed by atoms with E-state index in [4.69, 9.17) is 9.47 Å².